The molecule has 0 saturated heterocycles. The fourth-order valence-electron chi connectivity index (χ4n) is 2.53. The van der Waals surface area contributed by atoms with Crippen LogP contribution in [0.3, 0.4) is 0 Å². The number of rotatable bonds is 2. The summed E-state index contributed by atoms with van der Waals surface area (Å²) >= 11 is 5.85. The quantitative estimate of drug-likeness (QED) is 0.851. The van der Waals surface area contributed by atoms with Crippen LogP contribution in [0.15, 0.2) is 30.3 Å². The second-order valence-corrected chi connectivity index (χ2v) is 5.25. The highest BCUT2D eigenvalue weighted by molar-refractivity contribution is 6.30. The Balaban J connectivity index is 2.02. The van der Waals surface area contributed by atoms with Crippen molar-refractivity contribution >= 4 is 23.2 Å². The molecule has 0 fully saturated rings. The van der Waals surface area contributed by atoms with Crippen LogP contribution < -0.4 is 5.32 Å². The topological polar surface area (TPSA) is 34.0 Å². The number of hydrogen-bond donors (Lipinski definition) is 1. The Morgan fingerprint density at radius 1 is 1.32 bits per heavy atom. The minimum absolute atomic E-state index is 0.0444. The van der Waals surface area contributed by atoms with Crippen molar-refractivity contribution in [3.63, 3.8) is 0 Å². The number of carbonyl (C=O) groups excluding carboxylic acids is 1. The molecule has 3 rings (SSSR count). The van der Waals surface area contributed by atoms with Gasteiger partial charge in [-0.2, -0.15) is 0 Å². The molecule has 0 spiro atoms. The lowest BCUT2D eigenvalue weighted by molar-refractivity contribution is 0.103. The first-order valence-electron chi connectivity index (χ1n) is 6.41. The van der Waals surface area contributed by atoms with Crippen molar-refractivity contribution in [2.24, 2.45) is 0 Å². The summed E-state index contributed by atoms with van der Waals surface area (Å²) < 4.78 is 2.17. The maximum Gasteiger partial charge on any atom is 0.196 e. The molecule has 1 aliphatic heterocycles. The number of fused-ring (bicyclic) bond motifs is 1. The summed E-state index contributed by atoms with van der Waals surface area (Å²) in [5.41, 5.74) is 2.55. The second-order valence-electron chi connectivity index (χ2n) is 4.82. The molecule has 19 heavy (non-hydrogen) atoms. The molecular weight excluding hydrogens is 260 g/mol. The summed E-state index contributed by atoms with van der Waals surface area (Å²) in [7, 11) is 0. The molecule has 1 N–H and O–H groups in total. The normalized spacial score (nSPS) is 13.8. The zero-order valence-corrected chi connectivity index (χ0v) is 11.5. The van der Waals surface area contributed by atoms with Gasteiger partial charge < -0.3 is 9.88 Å². The molecule has 1 aromatic heterocycles. The summed E-state index contributed by atoms with van der Waals surface area (Å²) in [4.78, 5) is 12.5. The molecule has 98 valence electrons. The van der Waals surface area contributed by atoms with Gasteiger partial charge in [-0.3, -0.25) is 4.79 Å². The van der Waals surface area contributed by atoms with Crippen LogP contribution in [-0.2, 0) is 6.54 Å². The molecule has 4 heteroatoms. The Morgan fingerprint density at radius 3 is 2.79 bits per heavy atom. The van der Waals surface area contributed by atoms with Crippen LogP contribution in [0, 0.1) is 6.92 Å². The van der Waals surface area contributed by atoms with E-state index >= 15 is 0 Å². The molecule has 0 bridgehead atoms. The fraction of sp³-hybridized carbons (Fsp3) is 0.267. The first kappa shape index (κ1) is 12.3. The van der Waals surface area contributed by atoms with Gasteiger partial charge >= 0.3 is 0 Å². The van der Waals surface area contributed by atoms with E-state index in [0.717, 1.165) is 36.6 Å². The van der Waals surface area contributed by atoms with Crippen LogP contribution >= 0.6 is 11.6 Å². The zero-order valence-electron chi connectivity index (χ0n) is 10.7. The van der Waals surface area contributed by atoms with E-state index in [1.807, 2.05) is 13.0 Å². The van der Waals surface area contributed by atoms with Crippen LogP contribution in [0.1, 0.15) is 28.0 Å². The van der Waals surface area contributed by atoms with Gasteiger partial charge in [0.1, 0.15) is 5.82 Å². The van der Waals surface area contributed by atoms with E-state index in [2.05, 4.69) is 9.88 Å². The summed E-state index contributed by atoms with van der Waals surface area (Å²) in [6.45, 7) is 3.93. The Labute approximate surface area is 117 Å². The standard InChI is InChI=1S/C15H15ClN2O/c1-10-9-13(15-17-7-2-8-18(10)15)14(19)11-3-5-12(16)6-4-11/h3-6,9,17H,2,7-8H2,1H3. The summed E-state index contributed by atoms with van der Waals surface area (Å²) in [5, 5.41) is 3.97. The number of aryl methyl sites for hydroxylation is 1. The lowest BCUT2D eigenvalue weighted by Crippen LogP contribution is -2.19. The SMILES string of the molecule is Cc1cc(C(=O)c2ccc(Cl)cc2)c2n1CCCN2. The molecule has 3 nitrogen and oxygen atoms in total. The maximum absolute atomic E-state index is 12.5. The van der Waals surface area contributed by atoms with Gasteiger partial charge in [0.25, 0.3) is 0 Å². The van der Waals surface area contributed by atoms with E-state index in [0.29, 0.717) is 10.6 Å². The number of carbonyl (C=O) groups is 1. The molecule has 2 heterocycles. The van der Waals surface area contributed by atoms with Gasteiger partial charge in [0, 0.05) is 29.4 Å². The van der Waals surface area contributed by atoms with Crippen LogP contribution in [0.5, 0.6) is 0 Å². The number of aromatic nitrogens is 1. The molecule has 0 radical (unpaired) electrons. The number of nitrogens with zero attached hydrogens (tertiary/aromatic N) is 1. The third-order valence-electron chi connectivity index (χ3n) is 3.51. The number of anilines is 1. The fourth-order valence-corrected chi connectivity index (χ4v) is 2.66. The Bertz CT molecular complexity index is 628. The van der Waals surface area contributed by atoms with Gasteiger partial charge in [0.15, 0.2) is 5.78 Å². The predicted molar refractivity (Wildman–Crippen MR) is 77.2 cm³/mol. The Hall–Kier alpha value is -1.74. The van der Waals surface area contributed by atoms with Crippen molar-refractivity contribution in [2.75, 3.05) is 11.9 Å². The highest BCUT2D eigenvalue weighted by Crippen LogP contribution is 2.27. The molecule has 0 saturated carbocycles. The Morgan fingerprint density at radius 2 is 2.05 bits per heavy atom. The van der Waals surface area contributed by atoms with Crippen molar-refractivity contribution in [2.45, 2.75) is 19.9 Å². The maximum atomic E-state index is 12.5. The van der Waals surface area contributed by atoms with Gasteiger partial charge in [-0.1, -0.05) is 11.6 Å². The molecule has 0 amide bonds. The number of nitrogens with one attached hydrogen (secondary N) is 1. The number of ketones is 1. The van der Waals surface area contributed by atoms with Crippen LogP contribution in [-0.4, -0.2) is 16.9 Å². The van der Waals surface area contributed by atoms with Crippen molar-refractivity contribution < 1.29 is 4.79 Å². The van der Waals surface area contributed by atoms with Gasteiger partial charge in [0.2, 0.25) is 0 Å². The average molecular weight is 275 g/mol. The highest BCUT2D eigenvalue weighted by atomic mass is 35.5. The first-order chi connectivity index (χ1) is 9.16. The van der Waals surface area contributed by atoms with Crippen molar-refractivity contribution in [1.82, 2.24) is 4.57 Å². The summed E-state index contributed by atoms with van der Waals surface area (Å²) in [5.74, 6) is 0.992. The molecule has 0 unspecified atom stereocenters. The third-order valence-corrected chi connectivity index (χ3v) is 3.76. The van der Waals surface area contributed by atoms with E-state index in [1.165, 1.54) is 0 Å². The predicted octanol–water partition coefficient (Wildman–Crippen LogP) is 3.50. The highest BCUT2D eigenvalue weighted by Gasteiger charge is 2.21. The average Bonchev–Trinajstić information content (AvgIpc) is 2.77. The summed E-state index contributed by atoms with van der Waals surface area (Å²) in [6.07, 6.45) is 1.09. The van der Waals surface area contributed by atoms with Crippen molar-refractivity contribution in [3.8, 4) is 0 Å². The summed E-state index contributed by atoms with van der Waals surface area (Å²) in [6, 6.07) is 9.00. The van der Waals surface area contributed by atoms with E-state index in [-0.39, 0.29) is 5.78 Å². The monoisotopic (exact) mass is 274 g/mol. The number of hydrogen-bond acceptors (Lipinski definition) is 2. The molecular formula is C15H15ClN2O. The smallest absolute Gasteiger partial charge is 0.196 e. The minimum atomic E-state index is 0.0444. The molecule has 1 aromatic carbocycles. The second kappa shape index (κ2) is 4.74. The van der Waals surface area contributed by atoms with Gasteiger partial charge in [-0.15, -0.1) is 0 Å². The molecule has 0 aliphatic carbocycles. The van der Waals surface area contributed by atoms with E-state index in [9.17, 15) is 4.79 Å². The van der Waals surface area contributed by atoms with Gasteiger partial charge in [-0.05, 0) is 43.7 Å². The lowest BCUT2D eigenvalue weighted by Gasteiger charge is -2.19. The third kappa shape index (κ3) is 2.15. The Kier molecular flexibility index (Phi) is 3.07. The van der Waals surface area contributed by atoms with E-state index in [4.69, 9.17) is 11.6 Å². The molecule has 2 aromatic rings. The van der Waals surface area contributed by atoms with Crippen LogP contribution in [0.4, 0.5) is 5.82 Å². The molecule has 0 atom stereocenters. The first-order valence-corrected chi connectivity index (χ1v) is 6.79. The van der Waals surface area contributed by atoms with Gasteiger partial charge in [-0.25, -0.2) is 0 Å². The van der Waals surface area contributed by atoms with E-state index < -0.39 is 0 Å². The van der Waals surface area contributed by atoms with Crippen molar-refractivity contribution in [3.05, 3.63) is 52.2 Å². The zero-order chi connectivity index (χ0) is 13.4. The minimum Gasteiger partial charge on any atom is -0.371 e. The van der Waals surface area contributed by atoms with Crippen LogP contribution in [0.2, 0.25) is 5.02 Å². The van der Waals surface area contributed by atoms with Crippen LogP contribution in [0.25, 0.3) is 0 Å². The van der Waals surface area contributed by atoms with Crippen molar-refractivity contribution in [1.29, 1.82) is 0 Å². The largest absolute Gasteiger partial charge is 0.371 e. The van der Waals surface area contributed by atoms with E-state index in [1.54, 1.807) is 24.3 Å². The number of benzene rings is 1. The number of halogens is 1. The van der Waals surface area contributed by atoms with Gasteiger partial charge in [0.05, 0.1) is 5.56 Å². The lowest BCUT2D eigenvalue weighted by atomic mass is 10.0. The molecule has 1 aliphatic rings.